The van der Waals surface area contributed by atoms with E-state index >= 15 is 0 Å². The molecule has 152 valence electrons. The molecule has 0 unspecified atom stereocenters. The topological polar surface area (TPSA) is 47.4 Å². The van der Waals surface area contributed by atoms with Crippen molar-refractivity contribution in [2.45, 2.75) is 45.6 Å². The number of ether oxygens (including phenoxy) is 1. The van der Waals surface area contributed by atoms with Crippen molar-refractivity contribution in [1.29, 1.82) is 0 Å². The molecule has 0 aliphatic carbocycles. The van der Waals surface area contributed by atoms with Gasteiger partial charge >= 0.3 is 0 Å². The Hall–Kier alpha value is -2.82. The summed E-state index contributed by atoms with van der Waals surface area (Å²) >= 11 is 0. The van der Waals surface area contributed by atoms with Crippen LogP contribution < -0.4 is 4.74 Å². The van der Waals surface area contributed by atoms with Crippen LogP contribution in [-0.4, -0.2) is 40.1 Å². The number of rotatable bonds is 8. The maximum Gasteiger partial charge on any atom is 0.223 e. The number of aryl methyl sites for hydroxylation is 1. The van der Waals surface area contributed by atoms with Gasteiger partial charge in [-0.25, -0.2) is 4.98 Å². The van der Waals surface area contributed by atoms with E-state index in [4.69, 9.17) is 9.72 Å². The zero-order valence-electron chi connectivity index (χ0n) is 17.3. The number of benzene rings is 2. The van der Waals surface area contributed by atoms with Crippen LogP contribution in [0.15, 0.2) is 48.5 Å². The summed E-state index contributed by atoms with van der Waals surface area (Å²) in [6, 6.07) is 16.3. The molecule has 0 bridgehead atoms. The van der Waals surface area contributed by atoms with E-state index in [0.717, 1.165) is 48.5 Å². The maximum absolute atomic E-state index is 12.5. The van der Waals surface area contributed by atoms with Gasteiger partial charge in [-0.05, 0) is 43.2 Å². The summed E-state index contributed by atoms with van der Waals surface area (Å²) in [7, 11) is 0. The summed E-state index contributed by atoms with van der Waals surface area (Å²) in [5, 5.41) is 0. The van der Waals surface area contributed by atoms with Crippen LogP contribution in [0.25, 0.3) is 11.0 Å². The van der Waals surface area contributed by atoms with Crippen LogP contribution in [0.5, 0.6) is 5.75 Å². The van der Waals surface area contributed by atoms with E-state index in [-0.39, 0.29) is 11.8 Å². The molecule has 0 saturated carbocycles. The molecule has 2 heterocycles. The van der Waals surface area contributed by atoms with Crippen molar-refractivity contribution in [2.24, 2.45) is 0 Å². The minimum atomic E-state index is 0.144. The highest BCUT2D eigenvalue weighted by atomic mass is 16.5. The van der Waals surface area contributed by atoms with E-state index in [1.165, 1.54) is 5.56 Å². The van der Waals surface area contributed by atoms with E-state index in [1.54, 1.807) is 0 Å². The number of likely N-dealkylation sites (tertiary alicyclic amines) is 1. The van der Waals surface area contributed by atoms with E-state index in [9.17, 15) is 4.79 Å². The maximum atomic E-state index is 12.5. The fraction of sp³-hybridized carbons (Fsp3) is 0.417. The molecule has 1 aliphatic heterocycles. The van der Waals surface area contributed by atoms with E-state index < -0.39 is 0 Å². The number of imidazole rings is 1. The van der Waals surface area contributed by atoms with Crippen molar-refractivity contribution in [3.8, 4) is 5.75 Å². The molecule has 1 fully saturated rings. The monoisotopic (exact) mass is 391 g/mol. The number of aromatic nitrogens is 2. The number of hydrogen-bond donors (Lipinski definition) is 0. The number of unbranched alkanes of at least 4 members (excludes halogenated alkanes) is 1. The third-order valence-corrected chi connectivity index (χ3v) is 5.62. The molecule has 3 aromatic rings. The highest BCUT2D eigenvalue weighted by Crippen LogP contribution is 2.30. The number of fused-ring (bicyclic) bond motifs is 1. The third-order valence-electron chi connectivity index (χ3n) is 5.62. The summed E-state index contributed by atoms with van der Waals surface area (Å²) < 4.78 is 8.24. The molecule has 0 radical (unpaired) electrons. The van der Waals surface area contributed by atoms with Gasteiger partial charge in [-0.2, -0.15) is 0 Å². The number of hydrogen-bond acceptors (Lipinski definition) is 3. The highest BCUT2D eigenvalue weighted by Gasteiger charge is 2.33. The van der Waals surface area contributed by atoms with Crippen molar-refractivity contribution >= 4 is 16.9 Å². The predicted octanol–water partition coefficient (Wildman–Crippen LogP) is 4.54. The Bertz CT molecular complexity index is 995. The Morgan fingerprint density at radius 3 is 2.83 bits per heavy atom. The summed E-state index contributed by atoms with van der Waals surface area (Å²) in [6.45, 7) is 7.12. The van der Waals surface area contributed by atoms with Gasteiger partial charge in [0.15, 0.2) is 0 Å². The molecule has 0 spiro atoms. The first-order chi connectivity index (χ1) is 14.2. The smallest absolute Gasteiger partial charge is 0.223 e. The van der Waals surface area contributed by atoms with Gasteiger partial charge in [0.2, 0.25) is 5.91 Å². The molecule has 4 rings (SSSR count). The Balaban J connectivity index is 1.54. The first kappa shape index (κ1) is 19.5. The number of carbonyl (C=O) groups is 1. The van der Waals surface area contributed by atoms with Gasteiger partial charge in [-0.3, -0.25) is 4.79 Å². The molecule has 0 N–H and O–H groups in total. The van der Waals surface area contributed by atoms with Gasteiger partial charge in [0.1, 0.15) is 18.2 Å². The lowest BCUT2D eigenvalue weighted by molar-refractivity contribution is -0.127. The summed E-state index contributed by atoms with van der Waals surface area (Å²) in [5.74, 6) is 2.29. The average molecular weight is 392 g/mol. The summed E-state index contributed by atoms with van der Waals surface area (Å²) in [6.07, 6.45) is 2.70. The van der Waals surface area contributed by atoms with E-state index in [2.05, 4.69) is 30.5 Å². The van der Waals surface area contributed by atoms with Crippen molar-refractivity contribution in [1.82, 2.24) is 14.5 Å². The summed E-state index contributed by atoms with van der Waals surface area (Å²) in [5.41, 5.74) is 3.28. The average Bonchev–Trinajstić information content (AvgIpc) is 3.27. The second-order valence-electron chi connectivity index (χ2n) is 7.87. The fourth-order valence-corrected chi connectivity index (χ4v) is 4.11. The van der Waals surface area contributed by atoms with Crippen LogP contribution in [0.4, 0.5) is 0 Å². The highest BCUT2D eigenvalue weighted by molar-refractivity contribution is 5.80. The lowest BCUT2D eigenvalue weighted by Gasteiger charge is -2.17. The molecule has 29 heavy (non-hydrogen) atoms. The molecule has 1 amide bonds. The standard InChI is InChI=1S/C24H29N3O2/c1-3-4-12-26-17-19(16-23(26)28)24-25-21-10-5-6-11-22(21)27(24)13-14-29-20-9-7-8-18(2)15-20/h5-11,15,19H,3-4,12-14,16-17H2,1-2H3/t19-/m1/s1. The zero-order chi connectivity index (χ0) is 20.2. The van der Waals surface area contributed by atoms with Gasteiger partial charge in [0.05, 0.1) is 17.6 Å². The Labute approximate surface area is 172 Å². The molecule has 1 aliphatic rings. The molecular weight excluding hydrogens is 362 g/mol. The number of carbonyl (C=O) groups excluding carboxylic acids is 1. The largest absolute Gasteiger partial charge is 0.492 e. The van der Waals surface area contributed by atoms with Gasteiger partial charge in [-0.15, -0.1) is 0 Å². The van der Waals surface area contributed by atoms with Crippen LogP contribution >= 0.6 is 0 Å². The lowest BCUT2D eigenvalue weighted by atomic mass is 10.1. The van der Waals surface area contributed by atoms with Crippen LogP contribution in [0.2, 0.25) is 0 Å². The number of nitrogens with zero attached hydrogens (tertiary/aromatic N) is 3. The lowest BCUT2D eigenvalue weighted by Crippen LogP contribution is -2.26. The van der Waals surface area contributed by atoms with Crippen LogP contribution in [-0.2, 0) is 11.3 Å². The van der Waals surface area contributed by atoms with Crippen molar-refractivity contribution < 1.29 is 9.53 Å². The van der Waals surface area contributed by atoms with Gasteiger partial charge in [-0.1, -0.05) is 37.6 Å². The van der Waals surface area contributed by atoms with E-state index in [0.29, 0.717) is 19.6 Å². The van der Waals surface area contributed by atoms with Crippen molar-refractivity contribution in [3.63, 3.8) is 0 Å². The van der Waals surface area contributed by atoms with Crippen LogP contribution in [0, 0.1) is 6.92 Å². The normalized spacial score (nSPS) is 16.7. The minimum Gasteiger partial charge on any atom is -0.492 e. The van der Waals surface area contributed by atoms with Crippen LogP contribution in [0.3, 0.4) is 0 Å². The van der Waals surface area contributed by atoms with E-state index in [1.807, 2.05) is 41.3 Å². The molecule has 2 aromatic carbocycles. The Kier molecular flexibility index (Phi) is 5.84. The third kappa shape index (κ3) is 4.29. The predicted molar refractivity (Wildman–Crippen MR) is 115 cm³/mol. The second kappa shape index (κ2) is 8.68. The Morgan fingerprint density at radius 2 is 2.00 bits per heavy atom. The molecule has 5 nitrogen and oxygen atoms in total. The molecule has 1 saturated heterocycles. The van der Waals surface area contributed by atoms with Gasteiger partial charge in [0.25, 0.3) is 0 Å². The minimum absolute atomic E-state index is 0.144. The van der Waals surface area contributed by atoms with Gasteiger partial charge < -0.3 is 14.2 Å². The van der Waals surface area contributed by atoms with Crippen molar-refractivity contribution in [3.05, 3.63) is 59.9 Å². The molecule has 1 atom stereocenters. The number of para-hydroxylation sites is 2. The first-order valence-electron chi connectivity index (χ1n) is 10.6. The summed E-state index contributed by atoms with van der Waals surface area (Å²) in [4.78, 5) is 19.4. The Morgan fingerprint density at radius 1 is 1.14 bits per heavy atom. The molecule has 5 heteroatoms. The first-order valence-corrected chi connectivity index (χ1v) is 10.6. The quantitative estimate of drug-likeness (QED) is 0.566. The van der Waals surface area contributed by atoms with Crippen molar-refractivity contribution in [2.75, 3.05) is 19.7 Å². The molecule has 1 aromatic heterocycles. The number of amides is 1. The van der Waals surface area contributed by atoms with Gasteiger partial charge in [0, 0.05) is 25.4 Å². The molecular formula is C24H29N3O2. The second-order valence-corrected chi connectivity index (χ2v) is 7.87. The fourth-order valence-electron chi connectivity index (χ4n) is 4.11. The zero-order valence-corrected chi connectivity index (χ0v) is 17.3. The SMILES string of the molecule is CCCCN1C[C@H](c2nc3ccccc3n2CCOc2cccc(C)c2)CC1=O. The van der Waals surface area contributed by atoms with Crippen LogP contribution in [0.1, 0.15) is 43.5 Å².